The van der Waals surface area contributed by atoms with Crippen LogP contribution < -0.4 is 0 Å². The number of benzene rings is 3. The SMILES string of the molecule is c1ccc(S[C@@H](c2ccccc2)c2nc3ccccc3[nH]2)cc1. The number of hydrogen-bond donors (Lipinski definition) is 1. The van der Waals surface area contributed by atoms with Crippen LogP contribution in [0, 0.1) is 0 Å². The molecular formula is C20H16N2S. The van der Waals surface area contributed by atoms with E-state index in [1.54, 1.807) is 0 Å². The highest BCUT2D eigenvalue weighted by Gasteiger charge is 2.19. The van der Waals surface area contributed by atoms with E-state index in [4.69, 9.17) is 4.98 Å². The van der Waals surface area contributed by atoms with Crippen molar-refractivity contribution in [3.05, 3.63) is 96.3 Å². The molecule has 2 nitrogen and oxygen atoms in total. The van der Waals surface area contributed by atoms with Gasteiger partial charge in [0.2, 0.25) is 0 Å². The van der Waals surface area contributed by atoms with E-state index in [-0.39, 0.29) is 5.25 Å². The quantitative estimate of drug-likeness (QED) is 0.507. The second-order valence-electron chi connectivity index (χ2n) is 5.36. The summed E-state index contributed by atoms with van der Waals surface area (Å²) in [6, 6.07) is 29.2. The molecule has 0 bridgehead atoms. The average Bonchev–Trinajstić information content (AvgIpc) is 3.05. The molecule has 0 spiro atoms. The molecule has 112 valence electrons. The minimum absolute atomic E-state index is 0.144. The molecule has 0 aliphatic carbocycles. The zero-order chi connectivity index (χ0) is 15.5. The third-order valence-corrected chi connectivity index (χ3v) is 5.03. The summed E-state index contributed by atoms with van der Waals surface area (Å²) in [5.41, 5.74) is 3.34. The number of H-pyrrole nitrogens is 1. The largest absolute Gasteiger partial charge is 0.341 e. The lowest BCUT2D eigenvalue weighted by Crippen LogP contribution is -1.99. The molecule has 3 heteroatoms. The van der Waals surface area contributed by atoms with Crippen molar-refractivity contribution < 1.29 is 0 Å². The normalized spacial score (nSPS) is 12.3. The molecule has 0 saturated heterocycles. The van der Waals surface area contributed by atoms with E-state index in [0.717, 1.165) is 16.9 Å². The second-order valence-corrected chi connectivity index (χ2v) is 6.54. The average molecular weight is 316 g/mol. The molecule has 3 aromatic carbocycles. The number of nitrogens with zero attached hydrogens (tertiary/aromatic N) is 1. The van der Waals surface area contributed by atoms with E-state index in [0.29, 0.717) is 0 Å². The van der Waals surface area contributed by atoms with Crippen molar-refractivity contribution in [1.29, 1.82) is 0 Å². The summed E-state index contributed by atoms with van der Waals surface area (Å²) in [5, 5.41) is 0.144. The number of para-hydroxylation sites is 2. The molecule has 23 heavy (non-hydrogen) atoms. The fraction of sp³-hybridized carbons (Fsp3) is 0.0500. The molecule has 4 aromatic rings. The number of nitrogens with one attached hydrogen (secondary N) is 1. The van der Waals surface area contributed by atoms with Gasteiger partial charge in [-0.1, -0.05) is 60.7 Å². The molecule has 1 atom stereocenters. The summed E-state index contributed by atoms with van der Waals surface area (Å²) in [6.45, 7) is 0. The first-order chi connectivity index (χ1) is 11.4. The van der Waals surface area contributed by atoms with E-state index in [9.17, 15) is 0 Å². The van der Waals surface area contributed by atoms with E-state index < -0.39 is 0 Å². The molecule has 0 aliphatic rings. The van der Waals surface area contributed by atoms with E-state index >= 15 is 0 Å². The van der Waals surface area contributed by atoms with E-state index in [1.165, 1.54) is 10.5 Å². The summed E-state index contributed by atoms with van der Waals surface area (Å²) in [4.78, 5) is 9.53. The first kappa shape index (κ1) is 14.1. The van der Waals surface area contributed by atoms with Crippen molar-refractivity contribution in [2.45, 2.75) is 10.1 Å². The smallest absolute Gasteiger partial charge is 0.125 e. The van der Waals surface area contributed by atoms with Gasteiger partial charge < -0.3 is 4.98 Å². The predicted octanol–water partition coefficient (Wildman–Crippen LogP) is 5.44. The van der Waals surface area contributed by atoms with Gasteiger partial charge in [-0.05, 0) is 29.8 Å². The second kappa shape index (κ2) is 6.31. The van der Waals surface area contributed by atoms with Crippen LogP contribution in [-0.4, -0.2) is 9.97 Å². The van der Waals surface area contributed by atoms with Crippen LogP contribution in [0.1, 0.15) is 16.6 Å². The zero-order valence-corrected chi connectivity index (χ0v) is 13.3. The van der Waals surface area contributed by atoms with Crippen molar-refractivity contribution in [2.24, 2.45) is 0 Å². The number of aromatic nitrogens is 2. The van der Waals surface area contributed by atoms with Gasteiger partial charge in [0.15, 0.2) is 0 Å². The van der Waals surface area contributed by atoms with E-state index in [1.807, 2.05) is 42.1 Å². The van der Waals surface area contributed by atoms with Crippen molar-refractivity contribution in [1.82, 2.24) is 9.97 Å². The zero-order valence-electron chi connectivity index (χ0n) is 12.5. The first-order valence-corrected chi connectivity index (χ1v) is 8.49. The minimum atomic E-state index is 0.144. The number of hydrogen-bond acceptors (Lipinski definition) is 2. The molecule has 0 amide bonds. The van der Waals surface area contributed by atoms with Gasteiger partial charge in [0.1, 0.15) is 5.82 Å². The first-order valence-electron chi connectivity index (χ1n) is 7.61. The highest BCUT2D eigenvalue weighted by atomic mass is 32.2. The molecule has 1 N–H and O–H groups in total. The summed E-state index contributed by atoms with van der Waals surface area (Å²) in [5.74, 6) is 0.992. The Morgan fingerprint density at radius 3 is 2.13 bits per heavy atom. The van der Waals surface area contributed by atoms with Crippen LogP contribution in [0.3, 0.4) is 0 Å². The molecule has 0 saturated carbocycles. The van der Waals surface area contributed by atoms with Crippen LogP contribution >= 0.6 is 11.8 Å². The Bertz CT molecular complexity index is 868. The van der Waals surface area contributed by atoms with Gasteiger partial charge in [0, 0.05) is 4.90 Å². The molecule has 0 aliphatic heterocycles. The number of rotatable bonds is 4. The van der Waals surface area contributed by atoms with Gasteiger partial charge >= 0.3 is 0 Å². The summed E-state index contributed by atoms with van der Waals surface area (Å²) in [6.07, 6.45) is 0. The Morgan fingerprint density at radius 1 is 0.739 bits per heavy atom. The summed E-state index contributed by atoms with van der Waals surface area (Å²) >= 11 is 1.82. The van der Waals surface area contributed by atoms with Gasteiger partial charge in [-0.15, -0.1) is 11.8 Å². The molecule has 0 fully saturated rings. The number of thioether (sulfide) groups is 1. The Morgan fingerprint density at radius 2 is 1.39 bits per heavy atom. The van der Waals surface area contributed by atoms with Crippen LogP contribution in [0.5, 0.6) is 0 Å². The summed E-state index contributed by atoms with van der Waals surface area (Å²) in [7, 11) is 0. The molecule has 0 radical (unpaired) electrons. The molecule has 1 heterocycles. The van der Waals surface area contributed by atoms with Crippen molar-refractivity contribution >= 4 is 22.8 Å². The fourth-order valence-electron chi connectivity index (χ4n) is 2.64. The van der Waals surface area contributed by atoms with Crippen LogP contribution in [0.2, 0.25) is 0 Å². The number of imidazole rings is 1. The van der Waals surface area contributed by atoms with Crippen LogP contribution in [-0.2, 0) is 0 Å². The monoisotopic (exact) mass is 316 g/mol. The molecule has 0 unspecified atom stereocenters. The van der Waals surface area contributed by atoms with Crippen molar-refractivity contribution in [3.8, 4) is 0 Å². The fourth-order valence-corrected chi connectivity index (χ4v) is 3.74. The van der Waals surface area contributed by atoms with Crippen molar-refractivity contribution in [2.75, 3.05) is 0 Å². The van der Waals surface area contributed by atoms with E-state index in [2.05, 4.69) is 59.6 Å². The highest BCUT2D eigenvalue weighted by molar-refractivity contribution is 7.99. The maximum Gasteiger partial charge on any atom is 0.125 e. The lowest BCUT2D eigenvalue weighted by atomic mass is 10.1. The molecular weight excluding hydrogens is 300 g/mol. The Kier molecular flexibility index (Phi) is 3.86. The number of fused-ring (bicyclic) bond motifs is 1. The third-order valence-electron chi connectivity index (χ3n) is 3.76. The lowest BCUT2D eigenvalue weighted by molar-refractivity contribution is 1.01. The van der Waals surface area contributed by atoms with Crippen LogP contribution in [0.25, 0.3) is 11.0 Å². The minimum Gasteiger partial charge on any atom is -0.341 e. The predicted molar refractivity (Wildman–Crippen MR) is 96.7 cm³/mol. The Labute approximate surface area is 139 Å². The van der Waals surface area contributed by atoms with Gasteiger partial charge in [0.05, 0.1) is 16.3 Å². The maximum atomic E-state index is 4.81. The molecule has 4 rings (SSSR count). The van der Waals surface area contributed by atoms with Crippen LogP contribution in [0.15, 0.2) is 89.8 Å². The lowest BCUT2D eigenvalue weighted by Gasteiger charge is -2.14. The Hall–Kier alpha value is -2.52. The molecule has 1 aromatic heterocycles. The van der Waals surface area contributed by atoms with Gasteiger partial charge in [-0.25, -0.2) is 4.98 Å². The van der Waals surface area contributed by atoms with Gasteiger partial charge in [0.25, 0.3) is 0 Å². The highest BCUT2D eigenvalue weighted by Crippen LogP contribution is 2.39. The standard InChI is InChI=1S/C20H16N2S/c1-3-9-15(10-4-1)19(23-16-11-5-2-6-12-16)20-21-17-13-7-8-14-18(17)22-20/h1-14,19H,(H,21,22)/t19-/m0/s1. The number of aromatic amines is 1. The third kappa shape index (κ3) is 3.01. The maximum absolute atomic E-state index is 4.81. The van der Waals surface area contributed by atoms with Gasteiger partial charge in [-0.3, -0.25) is 0 Å². The topological polar surface area (TPSA) is 28.7 Å². The summed E-state index contributed by atoms with van der Waals surface area (Å²) < 4.78 is 0. The van der Waals surface area contributed by atoms with Gasteiger partial charge in [-0.2, -0.15) is 0 Å². The van der Waals surface area contributed by atoms with Crippen LogP contribution in [0.4, 0.5) is 0 Å². The van der Waals surface area contributed by atoms with Crippen molar-refractivity contribution in [3.63, 3.8) is 0 Å². The Balaban J connectivity index is 1.78.